The van der Waals surface area contributed by atoms with E-state index < -0.39 is 20.6 Å². The minimum absolute atomic E-state index is 0. The Labute approximate surface area is 149 Å². The van der Waals surface area contributed by atoms with Gasteiger partial charge in [-0.1, -0.05) is 28.8 Å². The molecule has 23 heavy (non-hydrogen) atoms. The van der Waals surface area contributed by atoms with Crippen molar-refractivity contribution in [1.82, 2.24) is 4.72 Å². The molecule has 2 rings (SSSR count). The summed E-state index contributed by atoms with van der Waals surface area (Å²) in [6.07, 6.45) is 3.51. The van der Waals surface area contributed by atoms with Crippen LogP contribution in [0.3, 0.4) is 0 Å². The number of nitro benzene ring substituents is 1. The second kappa shape index (κ2) is 8.39. The van der Waals surface area contributed by atoms with Gasteiger partial charge in [-0.15, -0.1) is 12.4 Å². The van der Waals surface area contributed by atoms with Gasteiger partial charge in [0.1, 0.15) is 0 Å². The second-order valence-electron chi connectivity index (χ2n) is 5.38. The van der Waals surface area contributed by atoms with E-state index in [-0.39, 0.29) is 29.3 Å². The van der Waals surface area contributed by atoms with Crippen molar-refractivity contribution in [2.75, 3.05) is 6.54 Å². The lowest BCUT2D eigenvalue weighted by Gasteiger charge is -2.30. The number of hydrogen-bond donors (Lipinski definition) is 2. The van der Waals surface area contributed by atoms with Crippen molar-refractivity contribution < 1.29 is 13.3 Å². The molecule has 130 valence electrons. The van der Waals surface area contributed by atoms with E-state index in [1.54, 1.807) is 0 Å². The molecule has 1 aliphatic rings. The standard InChI is InChI=1S/C13H18BrN3O4S.ClH/c14-10-5-6-12(17(18)19)13(7-10)22(20,21)16-11-4-2-1-3-9(11)8-15;/h5-7,9,11,16H,1-4,8,15H2;1H. The molecule has 2 unspecified atom stereocenters. The highest BCUT2D eigenvalue weighted by atomic mass is 79.9. The van der Waals surface area contributed by atoms with Gasteiger partial charge in [0.05, 0.1) is 4.92 Å². The Kier molecular flexibility index (Phi) is 7.40. The molecular formula is C13H19BrClN3O4S. The molecule has 1 aliphatic carbocycles. The molecule has 3 N–H and O–H groups in total. The predicted octanol–water partition coefficient (Wildman–Crippen LogP) is 2.57. The maximum Gasteiger partial charge on any atom is 0.289 e. The van der Waals surface area contributed by atoms with Gasteiger partial charge < -0.3 is 5.73 Å². The largest absolute Gasteiger partial charge is 0.330 e. The average Bonchev–Trinajstić information content (AvgIpc) is 2.47. The highest BCUT2D eigenvalue weighted by Gasteiger charge is 2.32. The molecule has 0 heterocycles. The van der Waals surface area contributed by atoms with Crippen LogP contribution >= 0.6 is 28.3 Å². The van der Waals surface area contributed by atoms with E-state index in [1.165, 1.54) is 18.2 Å². The van der Waals surface area contributed by atoms with E-state index in [0.717, 1.165) is 19.3 Å². The van der Waals surface area contributed by atoms with Gasteiger partial charge in [0.25, 0.3) is 5.69 Å². The van der Waals surface area contributed by atoms with Crippen LogP contribution < -0.4 is 10.5 Å². The maximum absolute atomic E-state index is 12.6. The van der Waals surface area contributed by atoms with Gasteiger partial charge in [0.2, 0.25) is 10.0 Å². The Morgan fingerprint density at radius 3 is 2.61 bits per heavy atom. The van der Waals surface area contributed by atoms with Crippen molar-refractivity contribution in [3.63, 3.8) is 0 Å². The first-order valence-corrected chi connectivity index (χ1v) is 9.29. The summed E-state index contributed by atoms with van der Waals surface area (Å²) >= 11 is 3.15. The number of nitrogens with two attached hydrogens (primary N) is 1. The summed E-state index contributed by atoms with van der Waals surface area (Å²) < 4.78 is 28.2. The number of nitrogens with one attached hydrogen (secondary N) is 1. The summed E-state index contributed by atoms with van der Waals surface area (Å²) in [4.78, 5) is 10.1. The van der Waals surface area contributed by atoms with E-state index in [9.17, 15) is 18.5 Å². The third-order valence-corrected chi connectivity index (χ3v) is 5.94. The molecule has 1 aromatic rings. The van der Waals surface area contributed by atoms with Gasteiger partial charge in [-0.3, -0.25) is 10.1 Å². The summed E-state index contributed by atoms with van der Waals surface area (Å²) in [7, 11) is -3.98. The lowest BCUT2D eigenvalue weighted by molar-refractivity contribution is -0.387. The van der Waals surface area contributed by atoms with E-state index in [1.807, 2.05) is 0 Å². The Morgan fingerprint density at radius 1 is 1.35 bits per heavy atom. The lowest BCUT2D eigenvalue weighted by atomic mass is 9.85. The molecule has 0 spiro atoms. The first kappa shape index (κ1) is 20.3. The first-order valence-electron chi connectivity index (χ1n) is 7.01. The van der Waals surface area contributed by atoms with Crippen LogP contribution in [0, 0.1) is 16.0 Å². The summed E-state index contributed by atoms with van der Waals surface area (Å²) in [6, 6.07) is 3.60. The maximum atomic E-state index is 12.6. The van der Waals surface area contributed by atoms with Crippen LogP contribution in [-0.4, -0.2) is 25.9 Å². The van der Waals surface area contributed by atoms with Crippen LogP contribution in [-0.2, 0) is 10.0 Å². The Bertz CT molecular complexity index is 671. The van der Waals surface area contributed by atoms with E-state index in [4.69, 9.17) is 5.73 Å². The van der Waals surface area contributed by atoms with Gasteiger partial charge in [0, 0.05) is 16.6 Å². The van der Waals surface area contributed by atoms with Crippen LogP contribution in [0.2, 0.25) is 0 Å². The third kappa shape index (κ3) is 4.87. The van der Waals surface area contributed by atoms with Gasteiger partial charge in [0.15, 0.2) is 4.90 Å². The SMILES string of the molecule is Cl.NCC1CCCCC1NS(=O)(=O)c1cc(Br)ccc1[N+](=O)[O-]. The minimum Gasteiger partial charge on any atom is -0.330 e. The molecule has 1 saturated carbocycles. The monoisotopic (exact) mass is 427 g/mol. The normalized spacial score (nSPS) is 21.5. The molecule has 0 aliphatic heterocycles. The van der Waals surface area contributed by atoms with Crippen LogP contribution in [0.1, 0.15) is 25.7 Å². The summed E-state index contributed by atoms with van der Waals surface area (Å²) in [5.74, 6) is 0.0646. The molecule has 0 radical (unpaired) electrons. The molecule has 2 atom stereocenters. The predicted molar refractivity (Wildman–Crippen MR) is 93.2 cm³/mol. The zero-order chi connectivity index (χ0) is 16.3. The van der Waals surface area contributed by atoms with Crippen LogP contribution in [0.4, 0.5) is 5.69 Å². The highest BCUT2D eigenvalue weighted by Crippen LogP contribution is 2.30. The van der Waals surface area contributed by atoms with Crippen molar-refractivity contribution in [1.29, 1.82) is 0 Å². The molecule has 7 nitrogen and oxygen atoms in total. The fraction of sp³-hybridized carbons (Fsp3) is 0.538. The molecule has 10 heteroatoms. The van der Waals surface area contributed by atoms with E-state index in [0.29, 0.717) is 17.4 Å². The Morgan fingerprint density at radius 2 is 2.00 bits per heavy atom. The Balaban J connectivity index is 0.00000264. The highest BCUT2D eigenvalue weighted by molar-refractivity contribution is 9.10. The zero-order valence-electron chi connectivity index (χ0n) is 12.3. The number of rotatable bonds is 5. The molecule has 0 saturated heterocycles. The van der Waals surface area contributed by atoms with Crippen molar-refractivity contribution in [3.8, 4) is 0 Å². The minimum atomic E-state index is -3.98. The van der Waals surface area contributed by atoms with Crippen LogP contribution in [0.5, 0.6) is 0 Å². The summed E-state index contributed by atoms with van der Waals surface area (Å²) in [6.45, 7) is 0.397. The lowest BCUT2D eigenvalue weighted by Crippen LogP contribution is -2.44. The van der Waals surface area contributed by atoms with Crippen molar-refractivity contribution in [2.45, 2.75) is 36.6 Å². The van der Waals surface area contributed by atoms with Crippen molar-refractivity contribution in [3.05, 3.63) is 32.8 Å². The number of nitro groups is 1. The van der Waals surface area contributed by atoms with Crippen LogP contribution in [0.15, 0.2) is 27.6 Å². The summed E-state index contributed by atoms with van der Waals surface area (Å²) in [5, 5.41) is 11.1. The number of sulfonamides is 1. The van der Waals surface area contributed by atoms with Gasteiger partial charge in [-0.05, 0) is 37.4 Å². The number of halogens is 2. The molecule has 0 bridgehead atoms. The van der Waals surface area contributed by atoms with Gasteiger partial charge >= 0.3 is 0 Å². The molecular weight excluding hydrogens is 410 g/mol. The molecule has 0 amide bonds. The fourth-order valence-corrected chi connectivity index (χ4v) is 4.81. The van der Waals surface area contributed by atoms with Gasteiger partial charge in [-0.2, -0.15) is 0 Å². The third-order valence-electron chi connectivity index (χ3n) is 3.93. The molecule has 0 aromatic heterocycles. The topological polar surface area (TPSA) is 115 Å². The smallest absolute Gasteiger partial charge is 0.289 e. The number of hydrogen-bond acceptors (Lipinski definition) is 5. The average molecular weight is 429 g/mol. The van der Waals surface area contributed by atoms with Crippen molar-refractivity contribution in [2.24, 2.45) is 11.7 Å². The van der Waals surface area contributed by atoms with E-state index in [2.05, 4.69) is 20.7 Å². The molecule has 1 fully saturated rings. The quantitative estimate of drug-likeness (QED) is 0.552. The van der Waals surface area contributed by atoms with Gasteiger partial charge in [-0.25, -0.2) is 13.1 Å². The Hall–Kier alpha value is -0.740. The summed E-state index contributed by atoms with van der Waals surface area (Å²) in [5.41, 5.74) is 5.27. The first-order chi connectivity index (χ1) is 10.3. The zero-order valence-corrected chi connectivity index (χ0v) is 15.5. The van der Waals surface area contributed by atoms with E-state index >= 15 is 0 Å². The second-order valence-corrected chi connectivity index (χ2v) is 7.98. The fourth-order valence-electron chi connectivity index (χ4n) is 2.76. The molecule has 1 aromatic carbocycles. The number of nitrogens with zero attached hydrogens (tertiary/aromatic N) is 1. The van der Waals surface area contributed by atoms with Crippen molar-refractivity contribution >= 4 is 44.0 Å². The number of benzene rings is 1. The van der Waals surface area contributed by atoms with Crippen LogP contribution in [0.25, 0.3) is 0 Å².